The van der Waals surface area contributed by atoms with Crippen LogP contribution in [0.3, 0.4) is 0 Å². The van der Waals surface area contributed by atoms with Gasteiger partial charge in [0, 0.05) is 12.6 Å². The zero-order valence-corrected chi connectivity index (χ0v) is 11.5. The van der Waals surface area contributed by atoms with Crippen molar-refractivity contribution in [3.05, 3.63) is 0 Å². The molecule has 1 saturated carbocycles. The fourth-order valence-corrected chi connectivity index (χ4v) is 3.08. The third-order valence-electron chi connectivity index (χ3n) is 4.34. The van der Waals surface area contributed by atoms with Crippen LogP contribution < -0.4 is 5.32 Å². The van der Waals surface area contributed by atoms with E-state index in [1.54, 1.807) is 4.90 Å². The molecule has 2 rings (SSSR count). The van der Waals surface area contributed by atoms with Gasteiger partial charge in [-0.15, -0.1) is 0 Å². The van der Waals surface area contributed by atoms with E-state index < -0.39 is 5.97 Å². The molecular formula is C14H21N3O3. The van der Waals surface area contributed by atoms with Gasteiger partial charge in [0.1, 0.15) is 6.04 Å². The Morgan fingerprint density at radius 1 is 1.25 bits per heavy atom. The van der Waals surface area contributed by atoms with Gasteiger partial charge >= 0.3 is 5.97 Å². The number of carboxylic acid groups (broad SMARTS) is 1. The van der Waals surface area contributed by atoms with Crippen LogP contribution in [0.15, 0.2) is 0 Å². The summed E-state index contributed by atoms with van der Waals surface area (Å²) in [7, 11) is 0. The SMILES string of the molecule is N#CC1CCCN1C(=O)CNC1CCC(C(=O)O)CC1. The third kappa shape index (κ3) is 3.48. The predicted octanol–water partition coefficient (Wildman–Crippen LogP) is 0.734. The Balaban J connectivity index is 1.72. The molecule has 0 spiro atoms. The fraction of sp³-hybridized carbons (Fsp3) is 0.786. The number of nitrogens with one attached hydrogen (secondary N) is 1. The lowest BCUT2D eigenvalue weighted by atomic mass is 9.86. The molecule has 1 atom stereocenters. The minimum absolute atomic E-state index is 0.0191. The van der Waals surface area contributed by atoms with Crippen molar-refractivity contribution in [2.45, 2.75) is 50.6 Å². The zero-order chi connectivity index (χ0) is 14.5. The van der Waals surface area contributed by atoms with Crippen LogP contribution in [0, 0.1) is 17.2 Å². The largest absolute Gasteiger partial charge is 0.481 e. The number of likely N-dealkylation sites (tertiary alicyclic amines) is 1. The van der Waals surface area contributed by atoms with Crippen LogP contribution >= 0.6 is 0 Å². The summed E-state index contributed by atoms with van der Waals surface area (Å²) >= 11 is 0. The number of amides is 1. The molecule has 2 fully saturated rings. The highest BCUT2D eigenvalue weighted by atomic mass is 16.4. The molecule has 0 aromatic heterocycles. The van der Waals surface area contributed by atoms with E-state index in [0.29, 0.717) is 19.4 Å². The van der Waals surface area contributed by atoms with Crippen LogP contribution in [-0.2, 0) is 9.59 Å². The number of carbonyl (C=O) groups excluding carboxylic acids is 1. The second-order valence-corrected chi connectivity index (χ2v) is 5.64. The molecule has 0 aromatic carbocycles. The topological polar surface area (TPSA) is 93.4 Å². The lowest BCUT2D eigenvalue weighted by Gasteiger charge is -2.28. The van der Waals surface area contributed by atoms with E-state index >= 15 is 0 Å². The number of aliphatic carboxylic acids is 1. The van der Waals surface area contributed by atoms with Crippen molar-refractivity contribution in [2.75, 3.05) is 13.1 Å². The van der Waals surface area contributed by atoms with Crippen LogP contribution in [0.5, 0.6) is 0 Å². The van der Waals surface area contributed by atoms with Crippen molar-refractivity contribution in [2.24, 2.45) is 5.92 Å². The Morgan fingerprint density at radius 3 is 2.55 bits per heavy atom. The van der Waals surface area contributed by atoms with Crippen molar-refractivity contribution >= 4 is 11.9 Å². The van der Waals surface area contributed by atoms with Crippen LogP contribution in [0.25, 0.3) is 0 Å². The van der Waals surface area contributed by atoms with Gasteiger partial charge in [0.05, 0.1) is 18.5 Å². The molecule has 1 saturated heterocycles. The average Bonchev–Trinajstić information content (AvgIpc) is 2.93. The minimum Gasteiger partial charge on any atom is -0.481 e. The number of carbonyl (C=O) groups is 2. The van der Waals surface area contributed by atoms with Gasteiger partial charge in [0.15, 0.2) is 0 Å². The summed E-state index contributed by atoms with van der Waals surface area (Å²) in [5.41, 5.74) is 0. The first-order valence-electron chi connectivity index (χ1n) is 7.27. The Labute approximate surface area is 118 Å². The molecule has 1 amide bonds. The van der Waals surface area contributed by atoms with Gasteiger partial charge in [-0.25, -0.2) is 0 Å². The molecule has 0 radical (unpaired) electrons. The maximum atomic E-state index is 12.0. The predicted molar refractivity (Wildman–Crippen MR) is 71.7 cm³/mol. The summed E-state index contributed by atoms with van der Waals surface area (Å²) in [5.74, 6) is -0.965. The van der Waals surface area contributed by atoms with Crippen LogP contribution in [0.1, 0.15) is 38.5 Å². The van der Waals surface area contributed by atoms with E-state index in [1.165, 1.54) is 0 Å². The third-order valence-corrected chi connectivity index (χ3v) is 4.34. The first-order chi connectivity index (χ1) is 9.61. The van der Waals surface area contributed by atoms with E-state index in [0.717, 1.165) is 25.7 Å². The van der Waals surface area contributed by atoms with E-state index in [9.17, 15) is 9.59 Å². The van der Waals surface area contributed by atoms with Gasteiger partial charge in [-0.2, -0.15) is 5.26 Å². The Kier molecular flexibility index (Phi) is 4.96. The molecule has 0 aromatic rings. The van der Waals surface area contributed by atoms with E-state index in [4.69, 9.17) is 10.4 Å². The monoisotopic (exact) mass is 279 g/mol. The highest BCUT2D eigenvalue weighted by molar-refractivity contribution is 5.79. The van der Waals surface area contributed by atoms with Gasteiger partial charge in [-0.05, 0) is 38.5 Å². The number of nitriles is 1. The molecule has 1 heterocycles. The smallest absolute Gasteiger partial charge is 0.306 e. The zero-order valence-electron chi connectivity index (χ0n) is 11.5. The number of carboxylic acids is 1. The molecule has 6 heteroatoms. The number of rotatable bonds is 4. The summed E-state index contributed by atoms with van der Waals surface area (Å²) in [5, 5.41) is 21.1. The number of hydrogen-bond donors (Lipinski definition) is 2. The van der Waals surface area contributed by atoms with Gasteiger partial charge in [0.2, 0.25) is 5.91 Å². The van der Waals surface area contributed by atoms with Crippen molar-refractivity contribution in [1.82, 2.24) is 10.2 Å². The second-order valence-electron chi connectivity index (χ2n) is 5.64. The lowest BCUT2D eigenvalue weighted by Crippen LogP contribution is -2.44. The van der Waals surface area contributed by atoms with Crippen LogP contribution in [0.2, 0.25) is 0 Å². The molecule has 1 aliphatic carbocycles. The maximum absolute atomic E-state index is 12.0. The normalized spacial score (nSPS) is 29.9. The van der Waals surface area contributed by atoms with Crippen LogP contribution in [0.4, 0.5) is 0 Å². The second kappa shape index (κ2) is 6.71. The van der Waals surface area contributed by atoms with E-state index in [-0.39, 0.29) is 30.5 Å². The molecule has 0 bridgehead atoms. The highest BCUT2D eigenvalue weighted by Crippen LogP contribution is 2.24. The quantitative estimate of drug-likeness (QED) is 0.791. The Hall–Kier alpha value is -1.61. The molecule has 2 N–H and O–H groups in total. The van der Waals surface area contributed by atoms with Crippen molar-refractivity contribution in [3.63, 3.8) is 0 Å². The molecule has 1 aliphatic heterocycles. The van der Waals surface area contributed by atoms with Crippen molar-refractivity contribution in [3.8, 4) is 6.07 Å². The standard InChI is InChI=1S/C14H21N3O3/c15-8-12-2-1-7-17(12)13(18)9-16-11-5-3-10(4-6-11)14(19)20/h10-12,16H,1-7,9H2,(H,19,20). The molecule has 2 aliphatic rings. The lowest BCUT2D eigenvalue weighted by molar-refractivity contribution is -0.143. The number of nitrogens with zero attached hydrogens (tertiary/aromatic N) is 2. The minimum atomic E-state index is -0.714. The van der Waals surface area contributed by atoms with E-state index in [2.05, 4.69) is 11.4 Å². The molecule has 1 unspecified atom stereocenters. The van der Waals surface area contributed by atoms with Crippen molar-refractivity contribution in [1.29, 1.82) is 5.26 Å². The summed E-state index contributed by atoms with van der Waals surface area (Å²) in [6, 6.07) is 2.11. The fourth-order valence-electron chi connectivity index (χ4n) is 3.08. The maximum Gasteiger partial charge on any atom is 0.306 e. The summed E-state index contributed by atoms with van der Waals surface area (Å²) in [6.07, 6.45) is 4.61. The first-order valence-corrected chi connectivity index (χ1v) is 7.27. The van der Waals surface area contributed by atoms with Crippen molar-refractivity contribution < 1.29 is 14.7 Å². The molecule has 6 nitrogen and oxygen atoms in total. The first kappa shape index (κ1) is 14.8. The summed E-state index contributed by atoms with van der Waals surface area (Å²) in [6.45, 7) is 0.922. The summed E-state index contributed by atoms with van der Waals surface area (Å²) in [4.78, 5) is 24.6. The summed E-state index contributed by atoms with van der Waals surface area (Å²) < 4.78 is 0. The molecule has 20 heavy (non-hydrogen) atoms. The molecular weight excluding hydrogens is 258 g/mol. The van der Waals surface area contributed by atoms with Gasteiger partial charge in [-0.3, -0.25) is 9.59 Å². The Morgan fingerprint density at radius 2 is 1.95 bits per heavy atom. The van der Waals surface area contributed by atoms with Gasteiger partial charge < -0.3 is 15.3 Å². The Bertz CT molecular complexity index is 410. The van der Waals surface area contributed by atoms with E-state index in [1.807, 2.05) is 0 Å². The average molecular weight is 279 g/mol. The molecule has 110 valence electrons. The van der Waals surface area contributed by atoms with Gasteiger partial charge in [0.25, 0.3) is 0 Å². The van der Waals surface area contributed by atoms with Crippen LogP contribution in [-0.4, -0.2) is 47.1 Å². The van der Waals surface area contributed by atoms with Gasteiger partial charge in [-0.1, -0.05) is 0 Å². The number of hydrogen-bond acceptors (Lipinski definition) is 4. The highest BCUT2D eigenvalue weighted by Gasteiger charge is 2.30.